The number of H-pyrrole nitrogens is 1. The minimum absolute atomic E-state index is 0.00330. The second-order valence-corrected chi connectivity index (χ2v) is 8.69. The maximum Gasteiger partial charge on any atom is 0.271 e. The number of aromatic amines is 1. The first-order valence-electron chi connectivity index (χ1n) is 11.5. The van der Waals surface area contributed by atoms with Gasteiger partial charge in [-0.1, -0.05) is 37.3 Å². The van der Waals surface area contributed by atoms with Crippen LogP contribution in [0.3, 0.4) is 0 Å². The molecule has 5 rings (SSSR count). The Morgan fingerprint density at radius 1 is 1.09 bits per heavy atom. The van der Waals surface area contributed by atoms with Crippen LogP contribution in [0.25, 0.3) is 11.3 Å². The summed E-state index contributed by atoms with van der Waals surface area (Å²) in [6, 6.07) is 19.6. The minimum atomic E-state index is 0.00330. The van der Waals surface area contributed by atoms with Gasteiger partial charge in [0.25, 0.3) is 5.91 Å². The molecular weight excluding hydrogens is 402 g/mol. The highest BCUT2D eigenvalue weighted by molar-refractivity contribution is 5.93. The van der Waals surface area contributed by atoms with Crippen molar-refractivity contribution in [1.29, 1.82) is 0 Å². The van der Waals surface area contributed by atoms with Crippen molar-refractivity contribution in [3.63, 3.8) is 0 Å². The van der Waals surface area contributed by atoms with Crippen molar-refractivity contribution in [1.82, 2.24) is 15.1 Å². The van der Waals surface area contributed by atoms with Gasteiger partial charge in [0.2, 0.25) is 0 Å². The summed E-state index contributed by atoms with van der Waals surface area (Å²) in [5.74, 6) is 2.58. The van der Waals surface area contributed by atoms with E-state index >= 15 is 0 Å². The quantitative estimate of drug-likeness (QED) is 0.584. The minimum Gasteiger partial charge on any atom is -0.493 e. The molecule has 0 radical (unpaired) electrons. The number of likely N-dealkylation sites (tertiary alicyclic amines) is 1. The Morgan fingerprint density at radius 3 is 2.75 bits per heavy atom. The third kappa shape index (κ3) is 4.09. The summed E-state index contributed by atoms with van der Waals surface area (Å²) >= 11 is 0. The highest BCUT2D eigenvalue weighted by atomic mass is 16.5. The SMILES string of the molecule is CCCOc1ccccc1-c1cc(C(=O)N2C[C@@H]3CC[C@H](Oc4ccccc4)[C@@H]3C2)[nH]n1. The van der Waals surface area contributed by atoms with Gasteiger partial charge in [-0.3, -0.25) is 9.89 Å². The van der Waals surface area contributed by atoms with Crippen molar-refractivity contribution in [3.8, 4) is 22.8 Å². The Morgan fingerprint density at radius 2 is 1.91 bits per heavy atom. The second kappa shape index (κ2) is 9.07. The Bertz CT molecular complexity index is 1060. The maximum absolute atomic E-state index is 13.2. The average Bonchev–Trinajstić information content (AvgIpc) is 3.56. The van der Waals surface area contributed by atoms with E-state index in [1.165, 1.54) is 0 Å². The van der Waals surface area contributed by atoms with Gasteiger partial charge < -0.3 is 14.4 Å². The van der Waals surface area contributed by atoms with Gasteiger partial charge in [-0.15, -0.1) is 0 Å². The third-order valence-electron chi connectivity index (χ3n) is 6.54. The summed E-state index contributed by atoms with van der Waals surface area (Å²) in [7, 11) is 0. The van der Waals surface area contributed by atoms with Crippen molar-refractivity contribution in [2.45, 2.75) is 32.3 Å². The molecule has 3 aromatic rings. The van der Waals surface area contributed by atoms with Crippen molar-refractivity contribution >= 4 is 5.91 Å². The predicted molar refractivity (Wildman–Crippen MR) is 123 cm³/mol. The fourth-order valence-corrected chi connectivity index (χ4v) is 4.96. The molecule has 1 saturated heterocycles. The number of carbonyl (C=O) groups excluding carboxylic acids is 1. The molecule has 2 fully saturated rings. The Labute approximate surface area is 188 Å². The molecule has 1 N–H and O–H groups in total. The fraction of sp³-hybridized carbons (Fsp3) is 0.385. The molecule has 2 aliphatic rings. The molecule has 0 unspecified atom stereocenters. The van der Waals surface area contributed by atoms with Crippen LogP contribution in [0.2, 0.25) is 0 Å². The van der Waals surface area contributed by atoms with Crippen LogP contribution < -0.4 is 9.47 Å². The van der Waals surface area contributed by atoms with E-state index in [0.29, 0.717) is 24.1 Å². The number of benzene rings is 2. The number of para-hydroxylation sites is 2. The molecule has 166 valence electrons. The number of amides is 1. The van der Waals surface area contributed by atoms with Gasteiger partial charge in [0.1, 0.15) is 23.3 Å². The second-order valence-electron chi connectivity index (χ2n) is 8.69. The topological polar surface area (TPSA) is 67.4 Å². The first kappa shape index (κ1) is 20.6. The van der Waals surface area contributed by atoms with Crippen LogP contribution in [0.15, 0.2) is 60.7 Å². The van der Waals surface area contributed by atoms with E-state index in [0.717, 1.165) is 55.1 Å². The molecular formula is C26H29N3O3. The van der Waals surface area contributed by atoms with E-state index < -0.39 is 0 Å². The van der Waals surface area contributed by atoms with E-state index in [1.54, 1.807) is 0 Å². The Balaban J connectivity index is 1.27. The third-order valence-corrected chi connectivity index (χ3v) is 6.54. The van der Waals surface area contributed by atoms with Crippen molar-refractivity contribution in [2.75, 3.05) is 19.7 Å². The van der Waals surface area contributed by atoms with Gasteiger partial charge in [0.15, 0.2) is 0 Å². The number of hydrogen-bond donors (Lipinski definition) is 1. The van der Waals surface area contributed by atoms with Crippen LogP contribution in [0.1, 0.15) is 36.7 Å². The lowest BCUT2D eigenvalue weighted by molar-refractivity contribution is 0.0756. The van der Waals surface area contributed by atoms with Gasteiger partial charge in [0.05, 0.1) is 12.3 Å². The van der Waals surface area contributed by atoms with Crippen molar-refractivity contribution < 1.29 is 14.3 Å². The molecule has 0 spiro atoms. The molecule has 1 amide bonds. The maximum atomic E-state index is 13.2. The molecule has 1 aliphatic heterocycles. The zero-order valence-electron chi connectivity index (χ0n) is 18.4. The van der Waals surface area contributed by atoms with Gasteiger partial charge in [-0.2, -0.15) is 5.10 Å². The summed E-state index contributed by atoms with van der Waals surface area (Å²) in [5.41, 5.74) is 2.14. The van der Waals surface area contributed by atoms with Crippen molar-refractivity contribution in [2.24, 2.45) is 11.8 Å². The molecule has 32 heavy (non-hydrogen) atoms. The number of ether oxygens (including phenoxy) is 2. The first-order valence-corrected chi connectivity index (χ1v) is 11.5. The molecule has 1 aromatic heterocycles. The van der Waals surface area contributed by atoms with E-state index in [4.69, 9.17) is 9.47 Å². The normalized spacial score (nSPS) is 22.0. The van der Waals surface area contributed by atoms with Crippen LogP contribution >= 0.6 is 0 Å². The van der Waals surface area contributed by atoms with E-state index in [9.17, 15) is 4.79 Å². The first-order chi connectivity index (χ1) is 15.7. The fourth-order valence-electron chi connectivity index (χ4n) is 4.96. The number of fused-ring (bicyclic) bond motifs is 1. The van der Waals surface area contributed by atoms with Crippen LogP contribution in [0.5, 0.6) is 11.5 Å². The van der Waals surface area contributed by atoms with E-state index in [-0.39, 0.29) is 12.0 Å². The summed E-state index contributed by atoms with van der Waals surface area (Å²) in [4.78, 5) is 15.2. The van der Waals surface area contributed by atoms with Crippen LogP contribution in [0.4, 0.5) is 0 Å². The van der Waals surface area contributed by atoms with E-state index in [1.807, 2.05) is 65.6 Å². The lowest BCUT2D eigenvalue weighted by Gasteiger charge is -2.21. The number of nitrogens with zero attached hydrogens (tertiary/aromatic N) is 2. The summed E-state index contributed by atoms with van der Waals surface area (Å²) < 4.78 is 12.1. The zero-order valence-corrected chi connectivity index (χ0v) is 18.4. The average molecular weight is 432 g/mol. The van der Waals surface area contributed by atoms with Crippen LogP contribution in [-0.4, -0.2) is 46.8 Å². The molecule has 3 atom stereocenters. The zero-order chi connectivity index (χ0) is 21.9. The summed E-state index contributed by atoms with van der Waals surface area (Å²) in [6.07, 6.45) is 3.25. The lowest BCUT2D eigenvalue weighted by Crippen LogP contribution is -2.32. The molecule has 1 aliphatic carbocycles. The summed E-state index contributed by atoms with van der Waals surface area (Å²) in [6.45, 7) is 4.24. The molecule has 6 heteroatoms. The lowest BCUT2D eigenvalue weighted by atomic mass is 9.99. The Kier molecular flexibility index (Phi) is 5.84. The molecule has 1 saturated carbocycles. The van der Waals surface area contributed by atoms with Gasteiger partial charge in [-0.05, 0) is 55.5 Å². The Hall–Kier alpha value is -3.28. The van der Waals surface area contributed by atoms with Gasteiger partial charge in [-0.25, -0.2) is 0 Å². The molecule has 2 heterocycles. The number of aromatic nitrogens is 2. The molecule has 2 aromatic carbocycles. The van der Waals surface area contributed by atoms with Crippen LogP contribution in [-0.2, 0) is 0 Å². The molecule has 0 bridgehead atoms. The van der Waals surface area contributed by atoms with Gasteiger partial charge in [0, 0.05) is 24.6 Å². The smallest absolute Gasteiger partial charge is 0.271 e. The van der Waals surface area contributed by atoms with Crippen molar-refractivity contribution in [3.05, 3.63) is 66.4 Å². The monoisotopic (exact) mass is 431 g/mol. The largest absolute Gasteiger partial charge is 0.493 e. The van der Waals surface area contributed by atoms with Gasteiger partial charge >= 0.3 is 0 Å². The van der Waals surface area contributed by atoms with Crippen LogP contribution in [0, 0.1) is 11.8 Å². The number of hydrogen-bond acceptors (Lipinski definition) is 4. The number of carbonyl (C=O) groups is 1. The highest BCUT2D eigenvalue weighted by Crippen LogP contribution is 2.40. The molecule has 6 nitrogen and oxygen atoms in total. The standard InChI is InChI=1S/C26H29N3O3/c1-2-14-31-24-11-7-6-10-20(24)22-15-23(28-27-22)26(30)29-16-18-12-13-25(21(18)17-29)32-19-8-4-3-5-9-19/h3-11,15,18,21,25H,2,12-14,16-17H2,1H3,(H,27,28)/t18-,21+,25-/m0/s1. The predicted octanol–water partition coefficient (Wildman–Crippen LogP) is 4.80. The van der Waals surface area contributed by atoms with E-state index in [2.05, 4.69) is 17.1 Å². The number of nitrogens with one attached hydrogen (secondary N) is 1. The number of rotatable bonds is 7. The highest BCUT2D eigenvalue weighted by Gasteiger charge is 2.45. The summed E-state index contributed by atoms with van der Waals surface area (Å²) in [5, 5.41) is 7.37.